The van der Waals surface area contributed by atoms with E-state index in [1.807, 2.05) is 6.26 Å². The molecule has 0 amide bonds. The summed E-state index contributed by atoms with van der Waals surface area (Å²) in [5, 5.41) is 8.95. The predicted octanol–water partition coefficient (Wildman–Crippen LogP) is 0.847. The molecule has 0 saturated carbocycles. The number of aryl methyl sites for hydroxylation is 1. The van der Waals surface area contributed by atoms with Crippen LogP contribution in [0.15, 0.2) is 17.2 Å². The Morgan fingerprint density at radius 1 is 1.56 bits per heavy atom. The molecular weight excluding hydrogens is 276 g/mol. The Kier molecular flexibility index (Phi) is 5.24. The summed E-state index contributed by atoms with van der Waals surface area (Å²) in [5.41, 5.74) is -0.0252. The number of hydrogen-bond donors (Lipinski definition) is 2. The number of carbonyl (C=O) groups is 1. The van der Waals surface area contributed by atoms with Crippen LogP contribution in [0, 0.1) is 0 Å². The van der Waals surface area contributed by atoms with E-state index in [-0.39, 0.29) is 10.6 Å². The summed E-state index contributed by atoms with van der Waals surface area (Å²) in [6.45, 7) is 2.48. The minimum absolute atomic E-state index is 0.0112. The summed E-state index contributed by atoms with van der Waals surface area (Å²) in [6, 6.07) is 1.17. The third kappa shape index (κ3) is 3.50. The third-order valence-electron chi connectivity index (χ3n) is 2.34. The molecule has 0 saturated heterocycles. The van der Waals surface area contributed by atoms with Gasteiger partial charge < -0.3 is 9.67 Å². The standard InChI is InChI=1S/C10H16N2O4S2/c1-3-12-7-8(6-9(12)10(13)14)18(15,16)11-4-5-17-2/h6-7,11H,3-5H2,1-2H3,(H,13,14). The maximum Gasteiger partial charge on any atom is 0.352 e. The molecule has 102 valence electrons. The summed E-state index contributed by atoms with van der Waals surface area (Å²) in [7, 11) is -3.63. The summed E-state index contributed by atoms with van der Waals surface area (Å²) in [4.78, 5) is 10.9. The average molecular weight is 292 g/mol. The van der Waals surface area contributed by atoms with Crippen LogP contribution in [0.5, 0.6) is 0 Å². The summed E-state index contributed by atoms with van der Waals surface area (Å²) in [5.74, 6) is -0.470. The molecule has 0 atom stereocenters. The number of aromatic carboxylic acids is 1. The zero-order chi connectivity index (χ0) is 13.8. The van der Waals surface area contributed by atoms with E-state index in [2.05, 4.69) is 4.72 Å². The second-order valence-electron chi connectivity index (χ2n) is 3.54. The maximum atomic E-state index is 11.9. The van der Waals surface area contributed by atoms with Gasteiger partial charge in [0.25, 0.3) is 0 Å². The molecule has 0 aliphatic rings. The smallest absolute Gasteiger partial charge is 0.352 e. The first-order chi connectivity index (χ1) is 8.42. The lowest BCUT2D eigenvalue weighted by atomic mass is 10.4. The molecule has 0 unspecified atom stereocenters. The second-order valence-corrected chi connectivity index (χ2v) is 6.30. The van der Waals surface area contributed by atoms with E-state index in [1.54, 1.807) is 6.92 Å². The molecule has 1 rings (SSSR count). The lowest BCUT2D eigenvalue weighted by Gasteiger charge is -2.03. The van der Waals surface area contributed by atoms with Crippen molar-refractivity contribution in [2.75, 3.05) is 18.6 Å². The fourth-order valence-corrected chi connectivity index (χ4v) is 2.94. The Labute approximate surface area is 110 Å². The Hall–Kier alpha value is -0.990. The Bertz CT molecular complexity index is 522. The minimum atomic E-state index is -3.63. The van der Waals surface area contributed by atoms with Gasteiger partial charge in [0, 0.05) is 25.0 Å². The molecule has 6 nitrogen and oxygen atoms in total. The van der Waals surface area contributed by atoms with E-state index in [4.69, 9.17) is 5.11 Å². The van der Waals surface area contributed by atoms with E-state index in [0.29, 0.717) is 18.8 Å². The van der Waals surface area contributed by atoms with Gasteiger partial charge in [-0.3, -0.25) is 0 Å². The van der Waals surface area contributed by atoms with Crippen LogP contribution < -0.4 is 4.72 Å². The quantitative estimate of drug-likeness (QED) is 0.727. The number of carboxylic acids is 1. The van der Waals surface area contributed by atoms with Crippen LogP contribution in [0.25, 0.3) is 0 Å². The molecule has 0 aliphatic heterocycles. The number of hydrogen-bond acceptors (Lipinski definition) is 4. The summed E-state index contributed by atoms with van der Waals surface area (Å²) in [6.07, 6.45) is 3.22. The predicted molar refractivity (Wildman–Crippen MR) is 70.6 cm³/mol. The number of sulfonamides is 1. The van der Waals surface area contributed by atoms with Gasteiger partial charge in [0.2, 0.25) is 10.0 Å². The molecular formula is C10H16N2O4S2. The topological polar surface area (TPSA) is 88.4 Å². The van der Waals surface area contributed by atoms with Crippen LogP contribution >= 0.6 is 11.8 Å². The second kappa shape index (κ2) is 6.26. The van der Waals surface area contributed by atoms with Gasteiger partial charge in [0.05, 0.1) is 0 Å². The molecule has 1 heterocycles. The lowest BCUT2D eigenvalue weighted by Crippen LogP contribution is -2.25. The number of thioether (sulfide) groups is 1. The molecule has 0 fully saturated rings. The van der Waals surface area contributed by atoms with Crippen molar-refractivity contribution in [1.82, 2.24) is 9.29 Å². The first-order valence-electron chi connectivity index (χ1n) is 5.34. The van der Waals surface area contributed by atoms with Gasteiger partial charge in [-0.1, -0.05) is 0 Å². The third-order valence-corrected chi connectivity index (χ3v) is 4.38. The molecule has 0 aromatic carbocycles. The number of nitrogens with zero attached hydrogens (tertiary/aromatic N) is 1. The van der Waals surface area contributed by atoms with E-state index in [0.717, 1.165) is 0 Å². The molecule has 8 heteroatoms. The molecule has 0 radical (unpaired) electrons. The molecule has 1 aromatic rings. The monoisotopic (exact) mass is 292 g/mol. The molecule has 0 bridgehead atoms. The highest BCUT2D eigenvalue weighted by molar-refractivity contribution is 7.98. The fourth-order valence-electron chi connectivity index (χ4n) is 1.43. The molecule has 18 heavy (non-hydrogen) atoms. The van der Waals surface area contributed by atoms with Crippen LogP contribution in [0.2, 0.25) is 0 Å². The van der Waals surface area contributed by atoms with Gasteiger partial charge in [-0.2, -0.15) is 11.8 Å². The molecule has 0 aliphatic carbocycles. The molecule has 0 spiro atoms. The van der Waals surface area contributed by atoms with Crippen LogP contribution in [0.3, 0.4) is 0 Å². The van der Waals surface area contributed by atoms with Gasteiger partial charge in [-0.15, -0.1) is 0 Å². The van der Waals surface area contributed by atoms with Gasteiger partial charge in [0.15, 0.2) is 0 Å². The van der Waals surface area contributed by atoms with Gasteiger partial charge in [-0.05, 0) is 19.2 Å². The zero-order valence-electron chi connectivity index (χ0n) is 10.2. The maximum absolute atomic E-state index is 11.9. The van der Waals surface area contributed by atoms with Gasteiger partial charge in [-0.25, -0.2) is 17.9 Å². The van der Waals surface area contributed by atoms with Crippen molar-refractivity contribution in [3.8, 4) is 0 Å². The Balaban J connectivity index is 2.99. The largest absolute Gasteiger partial charge is 0.477 e. The molecule has 2 N–H and O–H groups in total. The van der Waals surface area contributed by atoms with Crippen molar-refractivity contribution < 1.29 is 18.3 Å². The first-order valence-corrected chi connectivity index (χ1v) is 8.22. The first kappa shape index (κ1) is 15.1. The highest BCUT2D eigenvalue weighted by atomic mass is 32.2. The van der Waals surface area contributed by atoms with E-state index in [1.165, 1.54) is 28.6 Å². The van der Waals surface area contributed by atoms with Gasteiger partial charge in [0.1, 0.15) is 10.6 Å². The van der Waals surface area contributed by atoms with E-state index >= 15 is 0 Å². The van der Waals surface area contributed by atoms with Crippen molar-refractivity contribution in [2.24, 2.45) is 0 Å². The fraction of sp³-hybridized carbons (Fsp3) is 0.500. The van der Waals surface area contributed by atoms with Crippen molar-refractivity contribution in [3.63, 3.8) is 0 Å². The van der Waals surface area contributed by atoms with Crippen LogP contribution in [0.4, 0.5) is 0 Å². The number of aromatic nitrogens is 1. The lowest BCUT2D eigenvalue weighted by molar-refractivity contribution is 0.0685. The van der Waals surface area contributed by atoms with Crippen LogP contribution in [0.1, 0.15) is 17.4 Å². The normalized spacial score (nSPS) is 11.7. The zero-order valence-corrected chi connectivity index (χ0v) is 11.8. The van der Waals surface area contributed by atoms with Crippen molar-refractivity contribution in [1.29, 1.82) is 0 Å². The van der Waals surface area contributed by atoms with Crippen molar-refractivity contribution in [2.45, 2.75) is 18.4 Å². The highest BCUT2D eigenvalue weighted by Crippen LogP contribution is 2.14. The van der Waals surface area contributed by atoms with Gasteiger partial charge >= 0.3 is 5.97 Å². The van der Waals surface area contributed by atoms with Crippen molar-refractivity contribution in [3.05, 3.63) is 18.0 Å². The van der Waals surface area contributed by atoms with Crippen LogP contribution in [-0.4, -0.2) is 42.6 Å². The summed E-state index contributed by atoms with van der Waals surface area (Å²) >= 11 is 1.53. The van der Waals surface area contributed by atoms with E-state index < -0.39 is 16.0 Å². The number of rotatable bonds is 7. The highest BCUT2D eigenvalue weighted by Gasteiger charge is 2.20. The Morgan fingerprint density at radius 3 is 2.67 bits per heavy atom. The Morgan fingerprint density at radius 2 is 2.22 bits per heavy atom. The summed E-state index contributed by atoms with van der Waals surface area (Å²) < 4.78 is 27.6. The number of carboxylic acid groups (broad SMARTS) is 1. The van der Waals surface area contributed by atoms with Crippen LogP contribution in [-0.2, 0) is 16.6 Å². The average Bonchev–Trinajstić information content (AvgIpc) is 2.74. The number of nitrogens with one attached hydrogen (secondary N) is 1. The minimum Gasteiger partial charge on any atom is -0.477 e. The van der Waals surface area contributed by atoms with Crippen molar-refractivity contribution >= 4 is 27.8 Å². The SMILES string of the molecule is CCn1cc(S(=O)(=O)NCCSC)cc1C(=O)O. The molecule has 1 aromatic heterocycles. The van der Waals surface area contributed by atoms with E-state index in [9.17, 15) is 13.2 Å².